The minimum atomic E-state index is -1.05. The fourth-order valence-corrected chi connectivity index (χ4v) is 3.42. The van der Waals surface area contributed by atoms with Crippen molar-refractivity contribution in [1.29, 1.82) is 0 Å². The molecule has 0 saturated carbocycles. The fraction of sp³-hybridized carbons (Fsp3) is 0.429. The first-order valence-corrected chi connectivity index (χ1v) is 9.16. The number of aromatic carboxylic acids is 1. The number of nitrogens with one attached hydrogen (secondary N) is 1. The average Bonchev–Trinajstić information content (AvgIpc) is 3.08. The van der Waals surface area contributed by atoms with Gasteiger partial charge in [0.2, 0.25) is 5.91 Å². The molecule has 2 N–H and O–H groups in total. The molecule has 0 unspecified atom stereocenters. The molecule has 28 heavy (non-hydrogen) atoms. The summed E-state index contributed by atoms with van der Waals surface area (Å²) in [7, 11) is 3.12. The van der Waals surface area contributed by atoms with Crippen molar-refractivity contribution in [3.05, 3.63) is 46.9 Å². The second-order valence-corrected chi connectivity index (χ2v) is 6.53. The second-order valence-electron chi connectivity index (χ2n) is 6.53. The van der Waals surface area contributed by atoms with E-state index in [1.54, 1.807) is 27.2 Å². The van der Waals surface area contributed by atoms with Gasteiger partial charge in [-0.3, -0.25) is 4.79 Å². The molecule has 0 aliphatic rings. The molecule has 0 saturated heterocycles. The third-order valence-corrected chi connectivity index (χ3v) is 5.20. The van der Waals surface area contributed by atoms with Crippen LogP contribution in [0.5, 0.6) is 11.5 Å². The number of carbonyl (C=O) groups excluding carboxylic acids is 1. The number of benzene rings is 1. The Balaban J connectivity index is 2.28. The van der Waals surface area contributed by atoms with Crippen LogP contribution in [-0.4, -0.2) is 31.2 Å². The molecule has 0 atom stereocenters. The molecule has 0 fully saturated rings. The van der Waals surface area contributed by atoms with Gasteiger partial charge in [-0.05, 0) is 43.5 Å². The summed E-state index contributed by atoms with van der Waals surface area (Å²) >= 11 is 0. The maximum absolute atomic E-state index is 13.1. The van der Waals surface area contributed by atoms with Crippen molar-refractivity contribution in [3.63, 3.8) is 0 Å². The van der Waals surface area contributed by atoms with Gasteiger partial charge in [-0.1, -0.05) is 19.9 Å². The number of amides is 1. The van der Waals surface area contributed by atoms with Crippen LogP contribution in [0.25, 0.3) is 0 Å². The first-order chi connectivity index (χ1) is 13.3. The van der Waals surface area contributed by atoms with Gasteiger partial charge in [-0.2, -0.15) is 0 Å². The van der Waals surface area contributed by atoms with Gasteiger partial charge >= 0.3 is 5.97 Å². The minimum absolute atomic E-state index is 0.0985. The Morgan fingerprint density at radius 1 is 1.11 bits per heavy atom. The van der Waals surface area contributed by atoms with Crippen molar-refractivity contribution in [2.45, 2.75) is 45.6 Å². The number of hydrogen-bond acceptors (Lipinski definition) is 5. The van der Waals surface area contributed by atoms with E-state index in [1.165, 1.54) is 6.07 Å². The summed E-state index contributed by atoms with van der Waals surface area (Å²) in [4.78, 5) is 24.3. The molecular weight excluding hydrogens is 362 g/mol. The van der Waals surface area contributed by atoms with Crippen LogP contribution in [0.2, 0.25) is 0 Å². The van der Waals surface area contributed by atoms with Crippen molar-refractivity contribution in [3.8, 4) is 11.5 Å². The molecule has 2 aromatic rings. The Kier molecular flexibility index (Phi) is 6.72. The number of carbonyl (C=O) groups is 2. The lowest BCUT2D eigenvalue weighted by Gasteiger charge is -2.31. The van der Waals surface area contributed by atoms with Gasteiger partial charge in [0.05, 0.1) is 26.2 Å². The van der Waals surface area contributed by atoms with Gasteiger partial charge in [0, 0.05) is 0 Å². The third-order valence-electron chi connectivity index (χ3n) is 5.20. The Hall–Kier alpha value is -2.96. The molecule has 0 aliphatic carbocycles. The summed E-state index contributed by atoms with van der Waals surface area (Å²) in [5, 5.41) is 12.0. The molecule has 7 heteroatoms. The van der Waals surface area contributed by atoms with Crippen LogP contribution in [0.4, 0.5) is 0 Å². The monoisotopic (exact) mass is 389 g/mol. The van der Waals surface area contributed by atoms with E-state index in [0.29, 0.717) is 35.9 Å². The number of furan rings is 1. The Bertz CT molecular complexity index is 851. The standard InChI is InChI=1S/C21H27NO6/c1-6-21(7-2,14-8-9-17(26-4)18(10-14)27-5)20(25)22-12-15-11-16(19(23)24)13(3)28-15/h8-11H,6-7,12H2,1-5H3,(H,22,25)(H,23,24). The molecule has 7 nitrogen and oxygen atoms in total. The summed E-state index contributed by atoms with van der Waals surface area (Å²) < 4.78 is 16.1. The first-order valence-electron chi connectivity index (χ1n) is 9.16. The number of rotatable bonds is 9. The highest BCUT2D eigenvalue weighted by molar-refractivity contribution is 5.89. The van der Waals surface area contributed by atoms with E-state index < -0.39 is 11.4 Å². The molecule has 2 rings (SSSR count). The van der Waals surface area contributed by atoms with Crippen LogP contribution in [0.1, 0.15) is 54.1 Å². The molecule has 1 aromatic carbocycles. The van der Waals surface area contributed by atoms with Crippen LogP contribution in [-0.2, 0) is 16.8 Å². The van der Waals surface area contributed by atoms with Gasteiger partial charge in [-0.25, -0.2) is 4.79 Å². The van der Waals surface area contributed by atoms with Crippen LogP contribution < -0.4 is 14.8 Å². The lowest BCUT2D eigenvalue weighted by molar-refractivity contribution is -0.127. The summed E-state index contributed by atoms with van der Waals surface area (Å²) in [6.45, 7) is 5.61. The topological polar surface area (TPSA) is 98.0 Å². The predicted molar refractivity (Wildman–Crippen MR) is 104 cm³/mol. The number of ether oxygens (including phenoxy) is 2. The molecule has 0 aliphatic heterocycles. The van der Waals surface area contributed by atoms with Crippen molar-refractivity contribution in [2.75, 3.05) is 14.2 Å². The van der Waals surface area contributed by atoms with Gasteiger partial charge < -0.3 is 24.3 Å². The zero-order chi connectivity index (χ0) is 20.9. The van der Waals surface area contributed by atoms with Crippen molar-refractivity contribution in [2.24, 2.45) is 0 Å². The molecule has 1 amide bonds. The van der Waals surface area contributed by atoms with E-state index in [4.69, 9.17) is 19.0 Å². The second kappa shape index (κ2) is 8.82. The number of hydrogen-bond donors (Lipinski definition) is 2. The third kappa shape index (κ3) is 3.98. The maximum Gasteiger partial charge on any atom is 0.339 e. The van der Waals surface area contributed by atoms with E-state index in [2.05, 4.69) is 5.32 Å². The predicted octanol–water partition coefficient (Wildman–Crippen LogP) is 3.68. The average molecular weight is 389 g/mol. The first kappa shape index (κ1) is 21.3. The normalized spacial score (nSPS) is 11.2. The molecule has 152 valence electrons. The lowest BCUT2D eigenvalue weighted by atomic mass is 9.75. The number of methoxy groups -OCH3 is 2. The van der Waals surface area contributed by atoms with Crippen LogP contribution in [0.15, 0.2) is 28.7 Å². The Labute approximate surface area is 164 Å². The highest BCUT2D eigenvalue weighted by atomic mass is 16.5. The maximum atomic E-state index is 13.1. The van der Waals surface area contributed by atoms with E-state index in [0.717, 1.165) is 5.56 Å². The minimum Gasteiger partial charge on any atom is -0.493 e. The number of carboxylic acids is 1. The number of carboxylic acid groups (broad SMARTS) is 1. The van der Waals surface area contributed by atoms with Gasteiger partial charge in [0.25, 0.3) is 0 Å². The highest BCUT2D eigenvalue weighted by Crippen LogP contribution is 2.37. The summed E-state index contributed by atoms with van der Waals surface area (Å²) in [6.07, 6.45) is 1.17. The summed E-state index contributed by atoms with van der Waals surface area (Å²) in [6, 6.07) is 6.92. The smallest absolute Gasteiger partial charge is 0.339 e. The largest absolute Gasteiger partial charge is 0.493 e. The number of aryl methyl sites for hydroxylation is 1. The molecule has 0 spiro atoms. The fourth-order valence-electron chi connectivity index (χ4n) is 3.42. The van der Waals surface area contributed by atoms with Crippen LogP contribution >= 0.6 is 0 Å². The molecule has 1 heterocycles. The molecular formula is C21H27NO6. The highest BCUT2D eigenvalue weighted by Gasteiger charge is 2.37. The van der Waals surface area contributed by atoms with Crippen molar-refractivity contribution < 1.29 is 28.6 Å². The molecule has 0 radical (unpaired) electrons. The molecule has 0 bridgehead atoms. The van der Waals surface area contributed by atoms with Crippen molar-refractivity contribution >= 4 is 11.9 Å². The quantitative estimate of drug-likeness (QED) is 0.679. The van der Waals surface area contributed by atoms with Gasteiger partial charge in [-0.15, -0.1) is 0 Å². The Morgan fingerprint density at radius 3 is 2.25 bits per heavy atom. The summed E-state index contributed by atoms with van der Waals surface area (Å²) in [5.41, 5.74) is 0.174. The SMILES string of the molecule is CCC(CC)(C(=O)NCc1cc(C(=O)O)c(C)o1)c1ccc(OC)c(OC)c1. The van der Waals surface area contributed by atoms with E-state index in [1.807, 2.05) is 26.0 Å². The van der Waals surface area contributed by atoms with E-state index in [-0.39, 0.29) is 18.0 Å². The van der Waals surface area contributed by atoms with E-state index >= 15 is 0 Å². The molecule has 1 aromatic heterocycles. The van der Waals surface area contributed by atoms with Crippen LogP contribution in [0.3, 0.4) is 0 Å². The van der Waals surface area contributed by atoms with E-state index in [9.17, 15) is 9.59 Å². The van der Waals surface area contributed by atoms with Crippen molar-refractivity contribution in [1.82, 2.24) is 5.32 Å². The zero-order valence-electron chi connectivity index (χ0n) is 16.9. The lowest BCUT2D eigenvalue weighted by Crippen LogP contribution is -2.43. The van der Waals surface area contributed by atoms with Crippen LogP contribution in [0, 0.1) is 6.92 Å². The van der Waals surface area contributed by atoms with Gasteiger partial charge in [0.15, 0.2) is 11.5 Å². The van der Waals surface area contributed by atoms with Gasteiger partial charge in [0.1, 0.15) is 17.1 Å². The Morgan fingerprint density at radius 2 is 1.75 bits per heavy atom. The summed E-state index contributed by atoms with van der Waals surface area (Å²) in [5.74, 6) is 0.661. The zero-order valence-corrected chi connectivity index (χ0v) is 16.9.